The second-order valence-corrected chi connectivity index (χ2v) is 6.74. The van der Waals surface area contributed by atoms with Gasteiger partial charge in [-0.15, -0.1) is 11.3 Å². The van der Waals surface area contributed by atoms with Gasteiger partial charge in [-0.25, -0.2) is 4.79 Å². The summed E-state index contributed by atoms with van der Waals surface area (Å²) in [7, 11) is 0. The number of Topliss-reactive ketones (excluding diaryl/α,β-unsaturated/α-hetero) is 1. The van der Waals surface area contributed by atoms with Crippen LogP contribution >= 0.6 is 11.3 Å². The molecule has 1 aromatic carbocycles. The Morgan fingerprint density at radius 3 is 2.69 bits per heavy atom. The predicted octanol–water partition coefficient (Wildman–Crippen LogP) is 2.40. The Kier molecular flexibility index (Phi) is 5.43. The number of amides is 4. The highest BCUT2D eigenvalue weighted by molar-refractivity contribution is 7.12. The van der Waals surface area contributed by atoms with E-state index in [1.165, 1.54) is 11.3 Å². The van der Waals surface area contributed by atoms with E-state index in [1.807, 2.05) is 5.38 Å². The number of rotatable bonds is 7. The molecule has 2 N–H and O–H groups in total. The number of urea groups is 1. The molecule has 0 radical (unpaired) electrons. The molecule has 26 heavy (non-hydrogen) atoms. The molecule has 0 bridgehead atoms. The number of carbonyl (C=O) groups is 4. The van der Waals surface area contributed by atoms with Crippen LogP contribution in [0.1, 0.15) is 28.1 Å². The van der Waals surface area contributed by atoms with Crippen molar-refractivity contribution in [1.29, 1.82) is 0 Å². The summed E-state index contributed by atoms with van der Waals surface area (Å²) < 4.78 is 0. The van der Waals surface area contributed by atoms with E-state index in [0.717, 1.165) is 10.5 Å². The lowest BCUT2D eigenvalue weighted by atomic mass is 10.1. The monoisotopic (exact) mass is 371 g/mol. The fourth-order valence-electron chi connectivity index (χ4n) is 2.56. The van der Waals surface area contributed by atoms with Crippen molar-refractivity contribution in [1.82, 2.24) is 10.2 Å². The Balaban J connectivity index is 1.54. The minimum Gasteiger partial charge on any atom is -0.329 e. The first-order valence-electron chi connectivity index (χ1n) is 8.06. The average Bonchev–Trinajstić information content (AvgIpc) is 3.26. The van der Waals surface area contributed by atoms with E-state index in [-0.39, 0.29) is 43.5 Å². The number of thiophene rings is 1. The van der Waals surface area contributed by atoms with Gasteiger partial charge < -0.3 is 10.6 Å². The van der Waals surface area contributed by atoms with Crippen LogP contribution < -0.4 is 10.6 Å². The van der Waals surface area contributed by atoms with Crippen LogP contribution in [0, 0.1) is 0 Å². The summed E-state index contributed by atoms with van der Waals surface area (Å²) in [6, 6.07) is 10.1. The van der Waals surface area contributed by atoms with Gasteiger partial charge in [0.25, 0.3) is 0 Å². The molecule has 0 spiro atoms. The summed E-state index contributed by atoms with van der Waals surface area (Å²) >= 11 is 1.36. The van der Waals surface area contributed by atoms with Gasteiger partial charge in [0.1, 0.15) is 0 Å². The zero-order chi connectivity index (χ0) is 18.5. The number of carbonyl (C=O) groups excluding carboxylic acids is 4. The molecule has 1 aromatic heterocycles. The zero-order valence-corrected chi connectivity index (χ0v) is 14.7. The first-order valence-corrected chi connectivity index (χ1v) is 8.94. The lowest BCUT2D eigenvalue weighted by Gasteiger charge is -2.13. The Bertz CT molecular complexity index is 832. The standard InChI is InChI=1S/C18H17N3O4S/c22-14(15-5-2-8-26-15)6-7-16(23)20-13-4-1-3-12(9-13)11-21-17(24)10-19-18(21)25/h1-5,8-9H,6-7,10-11H2,(H,19,25)(H,20,23). The minimum absolute atomic E-state index is 0.00747. The highest BCUT2D eigenvalue weighted by atomic mass is 32.1. The van der Waals surface area contributed by atoms with Crippen LogP contribution in [0.5, 0.6) is 0 Å². The third-order valence-corrected chi connectivity index (χ3v) is 4.77. The Morgan fingerprint density at radius 2 is 2.00 bits per heavy atom. The summed E-state index contributed by atoms with van der Waals surface area (Å²) in [6.07, 6.45) is 0.239. The number of nitrogens with one attached hydrogen (secondary N) is 2. The number of anilines is 1. The maximum absolute atomic E-state index is 12.1. The molecule has 8 heteroatoms. The molecule has 0 saturated carbocycles. The summed E-state index contributed by atoms with van der Waals surface area (Å²) in [5, 5.41) is 7.02. The van der Waals surface area contributed by atoms with Crippen LogP contribution in [-0.2, 0) is 16.1 Å². The molecular weight excluding hydrogens is 354 g/mol. The van der Waals surface area contributed by atoms with Crippen molar-refractivity contribution in [3.8, 4) is 0 Å². The van der Waals surface area contributed by atoms with Gasteiger partial charge in [-0.3, -0.25) is 19.3 Å². The fraction of sp³-hybridized carbons (Fsp3) is 0.222. The molecule has 3 rings (SSSR count). The van der Waals surface area contributed by atoms with Crippen molar-refractivity contribution >= 4 is 40.7 Å². The number of hydrogen-bond donors (Lipinski definition) is 2. The van der Waals surface area contributed by atoms with E-state index in [0.29, 0.717) is 10.6 Å². The van der Waals surface area contributed by atoms with Gasteiger partial charge in [0.05, 0.1) is 18.0 Å². The maximum Gasteiger partial charge on any atom is 0.324 e. The van der Waals surface area contributed by atoms with Crippen molar-refractivity contribution in [2.45, 2.75) is 19.4 Å². The van der Waals surface area contributed by atoms with Crippen molar-refractivity contribution in [3.63, 3.8) is 0 Å². The third-order valence-electron chi connectivity index (χ3n) is 3.86. The van der Waals surface area contributed by atoms with Crippen molar-refractivity contribution in [3.05, 3.63) is 52.2 Å². The van der Waals surface area contributed by atoms with E-state index in [9.17, 15) is 19.2 Å². The molecule has 1 saturated heterocycles. The lowest BCUT2D eigenvalue weighted by Crippen LogP contribution is -2.30. The van der Waals surface area contributed by atoms with Crippen LogP contribution in [0.15, 0.2) is 41.8 Å². The van der Waals surface area contributed by atoms with E-state index in [4.69, 9.17) is 0 Å². The number of benzene rings is 1. The predicted molar refractivity (Wildman–Crippen MR) is 96.9 cm³/mol. The summed E-state index contributed by atoms with van der Waals surface area (Å²) in [5.74, 6) is -0.596. The highest BCUT2D eigenvalue weighted by Crippen LogP contribution is 2.16. The molecule has 134 valence electrons. The van der Waals surface area contributed by atoms with E-state index in [1.54, 1.807) is 36.4 Å². The molecular formula is C18H17N3O4S. The van der Waals surface area contributed by atoms with Crippen LogP contribution in [0.25, 0.3) is 0 Å². The van der Waals surface area contributed by atoms with Crippen molar-refractivity contribution in [2.75, 3.05) is 11.9 Å². The summed E-state index contributed by atoms with van der Waals surface area (Å²) in [4.78, 5) is 49.0. The Morgan fingerprint density at radius 1 is 1.15 bits per heavy atom. The number of nitrogens with zero attached hydrogens (tertiary/aromatic N) is 1. The van der Waals surface area contributed by atoms with Gasteiger partial charge in [-0.05, 0) is 29.1 Å². The molecule has 0 aliphatic carbocycles. The largest absolute Gasteiger partial charge is 0.329 e. The first-order chi connectivity index (χ1) is 12.5. The van der Waals surface area contributed by atoms with Crippen LogP contribution in [0.3, 0.4) is 0 Å². The maximum atomic E-state index is 12.1. The fourth-order valence-corrected chi connectivity index (χ4v) is 3.25. The van der Waals surface area contributed by atoms with Gasteiger partial charge in [-0.2, -0.15) is 0 Å². The third kappa shape index (κ3) is 4.34. The van der Waals surface area contributed by atoms with Gasteiger partial charge in [0.15, 0.2) is 5.78 Å². The van der Waals surface area contributed by atoms with E-state index in [2.05, 4.69) is 10.6 Å². The molecule has 7 nitrogen and oxygen atoms in total. The first kappa shape index (κ1) is 17.8. The Hall–Kier alpha value is -3.00. The molecule has 0 unspecified atom stereocenters. The second-order valence-electron chi connectivity index (χ2n) is 5.79. The topological polar surface area (TPSA) is 95.6 Å². The molecule has 2 aromatic rings. The number of imide groups is 1. The van der Waals surface area contributed by atoms with Crippen LogP contribution in [0.4, 0.5) is 10.5 Å². The molecule has 1 fully saturated rings. The average molecular weight is 371 g/mol. The molecule has 1 aliphatic rings. The highest BCUT2D eigenvalue weighted by Gasteiger charge is 2.28. The van der Waals surface area contributed by atoms with Gasteiger partial charge >= 0.3 is 6.03 Å². The van der Waals surface area contributed by atoms with Gasteiger partial charge in [0.2, 0.25) is 11.8 Å². The van der Waals surface area contributed by atoms with Crippen LogP contribution in [0.2, 0.25) is 0 Å². The second kappa shape index (κ2) is 7.92. The van der Waals surface area contributed by atoms with Crippen molar-refractivity contribution < 1.29 is 19.2 Å². The number of ketones is 1. The number of hydrogen-bond acceptors (Lipinski definition) is 5. The normalized spacial score (nSPS) is 13.6. The zero-order valence-electron chi connectivity index (χ0n) is 13.9. The van der Waals surface area contributed by atoms with E-state index < -0.39 is 6.03 Å². The Labute approximate surface area is 154 Å². The summed E-state index contributed by atoms with van der Waals surface area (Å²) in [6.45, 7) is 0.152. The van der Waals surface area contributed by atoms with Crippen LogP contribution in [-0.4, -0.2) is 35.1 Å². The molecule has 2 heterocycles. The minimum atomic E-state index is -0.420. The molecule has 4 amide bonds. The van der Waals surface area contributed by atoms with Gasteiger partial charge in [0, 0.05) is 18.5 Å². The lowest BCUT2D eigenvalue weighted by molar-refractivity contribution is -0.125. The SMILES string of the molecule is O=C(CCC(=O)c1cccs1)Nc1cccc(CN2C(=O)CNC2=O)c1. The molecule has 1 aliphatic heterocycles. The summed E-state index contributed by atoms with van der Waals surface area (Å²) in [5.41, 5.74) is 1.28. The smallest absolute Gasteiger partial charge is 0.324 e. The molecule has 0 atom stereocenters. The van der Waals surface area contributed by atoms with E-state index >= 15 is 0 Å². The van der Waals surface area contributed by atoms with Crippen molar-refractivity contribution in [2.24, 2.45) is 0 Å². The van der Waals surface area contributed by atoms with Gasteiger partial charge in [-0.1, -0.05) is 18.2 Å². The quantitative estimate of drug-likeness (QED) is 0.577.